The Kier molecular flexibility index (Phi) is 6.87. The van der Waals surface area contributed by atoms with Crippen molar-refractivity contribution in [3.8, 4) is 11.5 Å². The molecule has 2 amide bonds. The average molecular weight is 418 g/mol. The quantitative estimate of drug-likeness (QED) is 0.716. The minimum absolute atomic E-state index is 0.0676. The number of nitrogens with one attached hydrogen (secondary N) is 1. The van der Waals surface area contributed by atoms with Crippen LogP contribution in [0.5, 0.6) is 11.5 Å². The van der Waals surface area contributed by atoms with Gasteiger partial charge in [0.05, 0.1) is 20.1 Å². The summed E-state index contributed by atoms with van der Waals surface area (Å²) < 4.78 is 37.4. The standard InChI is InChI=1S/C22H24F2N2O4/c1-29-19-6-3-14(9-20(19)30-2)7-8-26-13-16(11-21(26)27)22(28)25-12-15-10-17(23)4-5-18(15)24/h3-6,9-10,16H,7-8,11-13H2,1-2H3,(H,25,28)/t16-/m0/s1. The number of methoxy groups -OCH3 is 2. The molecule has 2 aromatic rings. The highest BCUT2D eigenvalue weighted by molar-refractivity contribution is 5.89. The summed E-state index contributed by atoms with van der Waals surface area (Å²) in [5, 5.41) is 2.60. The average Bonchev–Trinajstić information content (AvgIpc) is 3.13. The van der Waals surface area contributed by atoms with Crippen molar-refractivity contribution in [2.24, 2.45) is 5.92 Å². The van der Waals surface area contributed by atoms with Gasteiger partial charge in [-0.3, -0.25) is 9.59 Å². The van der Waals surface area contributed by atoms with Crippen LogP contribution in [0.25, 0.3) is 0 Å². The number of ether oxygens (including phenoxy) is 2. The van der Waals surface area contributed by atoms with Crippen LogP contribution in [0.3, 0.4) is 0 Å². The Bertz CT molecular complexity index is 935. The van der Waals surface area contributed by atoms with E-state index in [1.54, 1.807) is 19.1 Å². The lowest BCUT2D eigenvalue weighted by Gasteiger charge is -2.17. The summed E-state index contributed by atoms with van der Waals surface area (Å²) in [6.07, 6.45) is 0.707. The maximum atomic E-state index is 13.7. The number of halogens is 2. The molecule has 3 rings (SSSR count). The van der Waals surface area contributed by atoms with Crippen molar-refractivity contribution in [2.45, 2.75) is 19.4 Å². The summed E-state index contributed by atoms with van der Waals surface area (Å²) in [4.78, 5) is 26.3. The van der Waals surface area contributed by atoms with E-state index in [1.807, 2.05) is 18.2 Å². The Morgan fingerprint density at radius 3 is 2.63 bits per heavy atom. The van der Waals surface area contributed by atoms with Gasteiger partial charge in [-0.25, -0.2) is 8.78 Å². The lowest BCUT2D eigenvalue weighted by molar-refractivity contribution is -0.129. The van der Waals surface area contributed by atoms with Gasteiger partial charge in [0.25, 0.3) is 0 Å². The third-order valence-electron chi connectivity index (χ3n) is 5.16. The molecule has 0 bridgehead atoms. The fraction of sp³-hybridized carbons (Fsp3) is 0.364. The molecule has 30 heavy (non-hydrogen) atoms. The molecule has 1 N–H and O–H groups in total. The fourth-order valence-electron chi connectivity index (χ4n) is 3.47. The van der Waals surface area contributed by atoms with Crippen LogP contribution in [0.15, 0.2) is 36.4 Å². The molecule has 0 aromatic heterocycles. The summed E-state index contributed by atoms with van der Waals surface area (Å²) in [5.41, 5.74) is 1.05. The lowest BCUT2D eigenvalue weighted by Crippen LogP contribution is -2.33. The molecule has 0 radical (unpaired) electrons. The van der Waals surface area contributed by atoms with Gasteiger partial charge in [0.15, 0.2) is 11.5 Å². The van der Waals surface area contributed by atoms with Crippen molar-refractivity contribution in [3.63, 3.8) is 0 Å². The Morgan fingerprint density at radius 2 is 1.90 bits per heavy atom. The minimum Gasteiger partial charge on any atom is -0.493 e. The Hall–Kier alpha value is -3.16. The van der Waals surface area contributed by atoms with Crippen LogP contribution in [-0.4, -0.2) is 44.0 Å². The smallest absolute Gasteiger partial charge is 0.225 e. The monoisotopic (exact) mass is 418 g/mol. The maximum absolute atomic E-state index is 13.7. The van der Waals surface area contributed by atoms with Crippen LogP contribution in [0.1, 0.15) is 17.5 Å². The second-order valence-electron chi connectivity index (χ2n) is 7.13. The molecule has 6 nitrogen and oxygen atoms in total. The number of carbonyl (C=O) groups excluding carboxylic acids is 2. The van der Waals surface area contributed by atoms with E-state index in [9.17, 15) is 18.4 Å². The fourth-order valence-corrected chi connectivity index (χ4v) is 3.47. The second kappa shape index (κ2) is 9.56. The highest BCUT2D eigenvalue weighted by Crippen LogP contribution is 2.28. The van der Waals surface area contributed by atoms with E-state index in [2.05, 4.69) is 5.32 Å². The first-order valence-electron chi connectivity index (χ1n) is 9.61. The molecule has 1 fully saturated rings. The molecule has 0 saturated carbocycles. The molecular weight excluding hydrogens is 394 g/mol. The van der Waals surface area contributed by atoms with Crippen LogP contribution in [0.2, 0.25) is 0 Å². The Morgan fingerprint density at radius 1 is 1.13 bits per heavy atom. The lowest BCUT2D eigenvalue weighted by atomic mass is 10.1. The van der Waals surface area contributed by atoms with Gasteiger partial charge in [-0.1, -0.05) is 6.07 Å². The number of benzene rings is 2. The molecule has 1 atom stereocenters. The maximum Gasteiger partial charge on any atom is 0.225 e. The van der Waals surface area contributed by atoms with Gasteiger partial charge in [-0.05, 0) is 42.3 Å². The highest BCUT2D eigenvalue weighted by atomic mass is 19.1. The first-order chi connectivity index (χ1) is 14.4. The van der Waals surface area contributed by atoms with Crippen molar-refractivity contribution >= 4 is 11.8 Å². The molecule has 1 aliphatic heterocycles. The molecule has 1 saturated heterocycles. The zero-order valence-corrected chi connectivity index (χ0v) is 16.9. The number of likely N-dealkylation sites (tertiary alicyclic amines) is 1. The molecule has 0 spiro atoms. The number of amides is 2. The van der Waals surface area contributed by atoms with Crippen molar-refractivity contribution in [3.05, 3.63) is 59.2 Å². The van der Waals surface area contributed by atoms with Crippen LogP contribution in [0, 0.1) is 17.6 Å². The largest absolute Gasteiger partial charge is 0.493 e. The van der Waals surface area contributed by atoms with Gasteiger partial charge in [0, 0.05) is 31.6 Å². The first kappa shape index (κ1) is 21.5. The molecule has 0 unspecified atom stereocenters. The van der Waals surface area contributed by atoms with Gasteiger partial charge in [0.1, 0.15) is 11.6 Å². The summed E-state index contributed by atoms with van der Waals surface area (Å²) in [6, 6.07) is 8.65. The first-order valence-corrected chi connectivity index (χ1v) is 9.61. The van der Waals surface area contributed by atoms with Gasteiger partial charge >= 0.3 is 0 Å². The van der Waals surface area contributed by atoms with E-state index < -0.39 is 17.6 Å². The van der Waals surface area contributed by atoms with E-state index in [-0.39, 0.29) is 30.3 Å². The van der Waals surface area contributed by atoms with Crippen LogP contribution >= 0.6 is 0 Å². The van der Waals surface area contributed by atoms with Gasteiger partial charge in [-0.2, -0.15) is 0 Å². The predicted octanol–water partition coefficient (Wildman–Crippen LogP) is 2.69. The number of hydrogen-bond donors (Lipinski definition) is 1. The third kappa shape index (κ3) is 5.06. The van der Waals surface area contributed by atoms with Crippen molar-refractivity contribution in [1.29, 1.82) is 0 Å². The molecule has 1 heterocycles. The number of nitrogens with zero attached hydrogens (tertiary/aromatic N) is 1. The zero-order chi connectivity index (χ0) is 21.7. The summed E-state index contributed by atoms with van der Waals surface area (Å²) in [7, 11) is 3.12. The van der Waals surface area contributed by atoms with Crippen molar-refractivity contribution in [2.75, 3.05) is 27.3 Å². The SMILES string of the molecule is COc1ccc(CCN2C[C@@H](C(=O)NCc3cc(F)ccc3F)CC2=O)cc1OC. The zero-order valence-electron chi connectivity index (χ0n) is 16.9. The second-order valence-corrected chi connectivity index (χ2v) is 7.13. The minimum atomic E-state index is -0.587. The highest BCUT2D eigenvalue weighted by Gasteiger charge is 2.33. The molecule has 0 aliphatic carbocycles. The van der Waals surface area contributed by atoms with Crippen molar-refractivity contribution < 1.29 is 27.8 Å². The number of rotatable bonds is 8. The number of carbonyl (C=O) groups is 2. The molecule has 1 aliphatic rings. The van der Waals surface area contributed by atoms with E-state index >= 15 is 0 Å². The summed E-state index contributed by atoms with van der Waals surface area (Å²) in [5.74, 6) is -0.879. The third-order valence-corrected chi connectivity index (χ3v) is 5.16. The normalized spacial score (nSPS) is 15.9. The Balaban J connectivity index is 1.53. The van der Waals surface area contributed by atoms with Gasteiger partial charge in [-0.15, -0.1) is 0 Å². The van der Waals surface area contributed by atoms with Gasteiger partial charge < -0.3 is 19.7 Å². The summed E-state index contributed by atoms with van der Waals surface area (Å²) in [6.45, 7) is 0.638. The molecule has 2 aromatic carbocycles. The summed E-state index contributed by atoms with van der Waals surface area (Å²) >= 11 is 0. The predicted molar refractivity (Wildman–Crippen MR) is 106 cm³/mol. The van der Waals surface area contributed by atoms with Crippen LogP contribution < -0.4 is 14.8 Å². The topological polar surface area (TPSA) is 67.9 Å². The van der Waals surface area contributed by atoms with Crippen molar-refractivity contribution in [1.82, 2.24) is 10.2 Å². The molecular formula is C22H24F2N2O4. The number of hydrogen-bond acceptors (Lipinski definition) is 4. The van der Waals surface area contributed by atoms with E-state index in [1.165, 1.54) is 0 Å². The van der Waals surface area contributed by atoms with E-state index in [0.29, 0.717) is 31.0 Å². The van der Waals surface area contributed by atoms with Gasteiger partial charge in [0.2, 0.25) is 11.8 Å². The van der Waals surface area contributed by atoms with E-state index in [4.69, 9.17) is 9.47 Å². The van der Waals surface area contributed by atoms with Crippen LogP contribution in [-0.2, 0) is 22.6 Å². The van der Waals surface area contributed by atoms with E-state index in [0.717, 1.165) is 23.8 Å². The Labute approximate surface area is 173 Å². The molecule has 160 valence electrons. The van der Waals surface area contributed by atoms with Crippen LogP contribution in [0.4, 0.5) is 8.78 Å². The molecule has 8 heteroatoms.